The van der Waals surface area contributed by atoms with Gasteiger partial charge in [0.2, 0.25) is 0 Å². The number of rotatable bonds is 1. The number of fused-ring (bicyclic) bond motifs is 1. The van der Waals surface area contributed by atoms with Gasteiger partial charge in [-0.05, 0) is 28.9 Å². The summed E-state index contributed by atoms with van der Waals surface area (Å²) in [5, 5.41) is 9.27. The third kappa shape index (κ3) is 1.19. The largest absolute Gasteiger partial charge is 0.396 e. The summed E-state index contributed by atoms with van der Waals surface area (Å²) >= 11 is 0. The quantitative estimate of drug-likeness (QED) is 0.695. The minimum absolute atomic E-state index is 0.144. The van der Waals surface area contributed by atoms with Crippen LogP contribution in [0, 0.1) is 5.92 Å². The molecule has 1 atom stereocenters. The first-order valence-corrected chi connectivity index (χ1v) is 4.85. The molecule has 1 aliphatic carbocycles. The smallest absolute Gasteiger partial charge is 0.0470 e. The van der Waals surface area contributed by atoms with Gasteiger partial charge >= 0.3 is 0 Å². The minimum atomic E-state index is 0.144. The van der Waals surface area contributed by atoms with Crippen molar-refractivity contribution in [3.63, 3.8) is 0 Å². The van der Waals surface area contributed by atoms with E-state index in [4.69, 9.17) is 0 Å². The second-order valence-corrected chi connectivity index (χ2v) is 4.46. The highest BCUT2D eigenvalue weighted by Crippen LogP contribution is 2.42. The van der Waals surface area contributed by atoms with Gasteiger partial charge in [0.15, 0.2) is 0 Å². The number of aliphatic hydroxyl groups excluding tert-OH is 1. The lowest BCUT2D eigenvalue weighted by molar-refractivity contribution is 0.180. The zero-order valence-electron chi connectivity index (χ0n) is 8.25. The maximum atomic E-state index is 9.27. The molecule has 1 unspecified atom stereocenters. The highest BCUT2D eigenvalue weighted by molar-refractivity contribution is 5.39. The maximum Gasteiger partial charge on any atom is 0.0470 e. The third-order valence-corrected chi connectivity index (χ3v) is 3.42. The van der Waals surface area contributed by atoms with Gasteiger partial charge in [-0.1, -0.05) is 38.1 Å². The molecule has 1 N–H and O–H groups in total. The SMILES string of the molecule is CC1(C)c2ccccc2CC1CO. The van der Waals surface area contributed by atoms with Crippen molar-refractivity contribution in [2.24, 2.45) is 5.92 Å². The lowest BCUT2D eigenvalue weighted by Gasteiger charge is -2.26. The zero-order chi connectivity index (χ0) is 9.47. The molecule has 0 bridgehead atoms. The molecule has 0 aliphatic heterocycles. The molecule has 2 rings (SSSR count). The van der Waals surface area contributed by atoms with Crippen LogP contribution in [-0.4, -0.2) is 11.7 Å². The van der Waals surface area contributed by atoms with Crippen LogP contribution in [0.2, 0.25) is 0 Å². The van der Waals surface area contributed by atoms with Crippen LogP contribution in [0.3, 0.4) is 0 Å². The summed E-state index contributed by atoms with van der Waals surface area (Å²) in [5.41, 5.74) is 2.96. The van der Waals surface area contributed by atoms with E-state index < -0.39 is 0 Å². The van der Waals surface area contributed by atoms with Crippen LogP contribution >= 0.6 is 0 Å². The molecule has 0 heterocycles. The molecule has 1 aromatic rings. The van der Waals surface area contributed by atoms with E-state index in [0.717, 1.165) is 6.42 Å². The normalized spacial score (nSPS) is 24.4. The van der Waals surface area contributed by atoms with Gasteiger partial charge in [0.1, 0.15) is 0 Å². The molecule has 1 aromatic carbocycles. The summed E-state index contributed by atoms with van der Waals surface area (Å²) in [6.45, 7) is 4.74. The second kappa shape index (κ2) is 2.85. The van der Waals surface area contributed by atoms with Gasteiger partial charge in [-0.25, -0.2) is 0 Å². The van der Waals surface area contributed by atoms with Crippen LogP contribution in [0.15, 0.2) is 24.3 Å². The van der Waals surface area contributed by atoms with Gasteiger partial charge in [-0.15, -0.1) is 0 Å². The van der Waals surface area contributed by atoms with Crippen LogP contribution < -0.4 is 0 Å². The molecular weight excluding hydrogens is 160 g/mol. The van der Waals surface area contributed by atoms with Crippen molar-refractivity contribution < 1.29 is 5.11 Å². The number of aliphatic hydroxyl groups is 1. The van der Waals surface area contributed by atoms with E-state index in [2.05, 4.69) is 38.1 Å². The van der Waals surface area contributed by atoms with Gasteiger partial charge in [0.05, 0.1) is 0 Å². The van der Waals surface area contributed by atoms with Crippen molar-refractivity contribution in [2.75, 3.05) is 6.61 Å². The number of hydrogen-bond acceptors (Lipinski definition) is 1. The highest BCUT2D eigenvalue weighted by atomic mass is 16.3. The Balaban J connectivity index is 2.47. The summed E-state index contributed by atoms with van der Waals surface area (Å²) in [7, 11) is 0. The van der Waals surface area contributed by atoms with Gasteiger partial charge in [-0.2, -0.15) is 0 Å². The molecule has 0 saturated heterocycles. The molecule has 0 saturated carbocycles. The molecule has 13 heavy (non-hydrogen) atoms. The van der Waals surface area contributed by atoms with E-state index in [0.29, 0.717) is 12.5 Å². The first-order valence-electron chi connectivity index (χ1n) is 4.85. The molecule has 0 aromatic heterocycles. The van der Waals surface area contributed by atoms with Crippen LogP contribution in [-0.2, 0) is 11.8 Å². The monoisotopic (exact) mass is 176 g/mol. The predicted octanol–water partition coefficient (Wildman–Crippen LogP) is 2.13. The summed E-state index contributed by atoms with van der Waals surface area (Å²) in [6, 6.07) is 8.52. The molecule has 0 radical (unpaired) electrons. The Morgan fingerprint density at radius 3 is 2.69 bits per heavy atom. The van der Waals surface area contributed by atoms with Gasteiger partial charge in [-0.3, -0.25) is 0 Å². The average Bonchev–Trinajstić information content (AvgIpc) is 2.39. The number of hydrogen-bond donors (Lipinski definition) is 1. The lowest BCUT2D eigenvalue weighted by atomic mass is 9.79. The third-order valence-electron chi connectivity index (χ3n) is 3.42. The fourth-order valence-electron chi connectivity index (χ4n) is 2.36. The van der Waals surface area contributed by atoms with E-state index in [1.165, 1.54) is 11.1 Å². The Labute approximate surface area is 79.4 Å². The Morgan fingerprint density at radius 1 is 1.38 bits per heavy atom. The highest BCUT2D eigenvalue weighted by Gasteiger charge is 2.38. The fourth-order valence-corrected chi connectivity index (χ4v) is 2.36. The van der Waals surface area contributed by atoms with Crippen molar-refractivity contribution >= 4 is 0 Å². The van der Waals surface area contributed by atoms with Crippen LogP contribution in [0.25, 0.3) is 0 Å². The van der Waals surface area contributed by atoms with Crippen LogP contribution in [0.4, 0.5) is 0 Å². The van der Waals surface area contributed by atoms with Crippen LogP contribution in [0.1, 0.15) is 25.0 Å². The average molecular weight is 176 g/mol. The molecule has 0 fully saturated rings. The number of benzene rings is 1. The van der Waals surface area contributed by atoms with Crippen molar-refractivity contribution in [1.82, 2.24) is 0 Å². The van der Waals surface area contributed by atoms with E-state index in [-0.39, 0.29) is 5.41 Å². The Kier molecular flexibility index (Phi) is 1.92. The molecular formula is C12H16O. The van der Waals surface area contributed by atoms with Crippen molar-refractivity contribution in [1.29, 1.82) is 0 Å². The molecule has 0 spiro atoms. The molecule has 1 aliphatic rings. The zero-order valence-corrected chi connectivity index (χ0v) is 8.25. The Bertz CT molecular complexity index is 315. The maximum absolute atomic E-state index is 9.27. The molecule has 0 amide bonds. The lowest BCUT2D eigenvalue weighted by Crippen LogP contribution is -2.26. The summed E-state index contributed by atoms with van der Waals surface area (Å²) in [6.07, 6.45) is 1.03. The van der Waals surface area contributed by atoms with E-state index in [9.17, 15) is 5.11 Å². The van der Waals surface area contributed by atoms with Crippen molar-refractivity contribution in [3.05, 3.63) is 35.4 Å². The summed E-state index contributed by atoms with van der Waals surface area (Å²) in [4.78, 5) is 0. The minimum Gasteiger partial charge on any atom is -0.396 e. The van der Waals surface area contributed by atoms with Crippen LogP contribution in [0.5, 0.6) is 0 Å². The predicted molar refractivity (Wildman–Crippen MR) is 53.7 cm³/mol. The Hall–Kier alpha value is -0.820. The fraction of sp³-hybridized carbons (Fsp3) is 0.500. The molecule has 1 heteroatoms. The molecule has 70 valence electrons. The van der Waals surface area contributed by atoms with E-state index >= 15 is 0 Å². The van der Waals surface area contributed by atoms with E-state index in [1.54, 1.807) is 0 Å². The van der Waals surface area contributed by atoms with Crippen molar-refractivity contribution in [3.8, 4) is 0 Å². The first kappa shape index (κ1) is 8.76. The van der Waals surface area contributed by atoms with Gasteiger partial charge in [0.25, 0.3) is 0 Å². The summed E-state index contributed by atoms with van der Waals surface area (Å²) < 4.78 is 0. The van der Waals surface area contributed by atoms with E-state index in [1.807, 2.05) is 0 Å². The van der Waals surface area contributed by atoms with Gasteiger partial charge in [0, 0.05) is 6.61 Å². The standard InChI is InChI=1S/C12H16O/c1-12(2)10(8-13)7-9-5-3-4-6-11(9)12/h3-6,10,13H,7-8H2,1-2H3. The van der Waals surface area contributed by atoms with Crippen molar-refractivity contribution in [2.45, 2.75) is 25.7 Å². The topological polar surface area (TPSA) is 20.2 Å². The Morgan fingerprint density at radius 2 is 2.08 bits per heavy atom. The summed E-state index contributed by atoms with van der Waals surface area (Å²) in [5.74, 6) is 0.393. The molecule has 1 nitrogen and oxygen atoms in total. The second-order valence-electron chi connectivity index (χ2n) is 4.46. The van der Waals surface area contributed by atoms with Gasteiger partial charge < -0.3 is 5.11 Å². The first-order chi connectivity index (χ1) is 6.16.